The molecule has 0 aliphatic heterocycles. The number of phenols is 1. The molecule has 0 saturated carbocycles. The lowest BCUT2D eigenvalue weighted by Gasteiger charge is -2.20. The summed E-state index contributed by atoms with van der Waals surface area (Å²) in [6.45, 7) is 0. The topological polar surface area (TPSA) is 86.7 Å². The van der Waals surface area contributed by atoms with Gasteiger partial charge in [0.05, 0.1) is 5.69 Å². The molecule has 178 valence electrons. The molecule has 4 aromatic carbocycles. The standard InChI is InChI=1S/C25H17Cl2FN2O4S/c26-18-11-17(12-19(27)13-18)15-1-3-16(4-2-15)25(32)29-21-7-10-24(31)23(14-21)30(35(33)34)22-8-5-20(28)6-9-22/h1-14,31,35H,(H,29,32). The van der Waals surface area contributed by atoms with Gasteiger partial charge in [-0.15, -0.1) is 0 Å². The molecule has 2 N–H and O–H groups in total. The van der Waals surface area contributed by atoms with Crippen molar-refractivity contribution < 1.29 is 22.7 Å². The van der Waals surface area contributed by atoms with Gasteiger partial charge in [0, 0.05) is 21.3 Å². The molecule has 0 atom stereocenters. The third-order valence-corrected chi connectivity index (χ3v) is 6.25. The summed E-state index contributed by atoms with van der Waals surface area (Å²) in [6, 6.07) is 20.6. The van der Waals surface area contributed by atoms with Crippen molar-refractivity contribution in [3.63, 3.8) is 0 Å². The van der Waals surface area contributed by atoms with Crippen molar-refractivity contribution >= 4 is 57.1 Å². The fourth-order valence-corrected chi connectivity index (χ4v) is 4.60. The third kappa shape index (κ3) is 5.74. The summed E-state index contributed by atoms with van der Waals surface area (Å²) in [5.74, 6) is -1.32. The number of aromatic hydroxyl groups is 1. The highest BCUT2D eigenvalue weighted by Crippen LogP contribution is 2.36. The molecule has 0 spiro atoms. The van der Waals surface area contributed by atoms with Crippen LogP contribution in [0.15, 0.2) is 84.9 Å². The van der Waals surface area contributed by atoms with E-state index in [0.29, 0.717) is 15.6 Å². The van der Waals surface area contributed by atoms with Gasteiger partial charge in [-0.25, -0.2) is 17.1 Å². The zero-order valence-electron chi connectivity index (χ0n) is 17.8. The number of amides is 1. The third-order valence-electron chi connectivity index (χ3n) is 5.04. The number of thiol groups is 1. The van der Waals surface area contributed by atoms with Crippen LogP contribution in [0.25, 0.3) is 11.1 Å². The monoisotopic (exact) mass is 530 g/mol. The first-order valence-corrected chi connectivity index (χ1v) is 12.0. The Labute approximate surface area is 212 Å². The number of phenolic OH excluding ortho intramolecular Hbond substituents is 1. The summed E-state index contributed by atoms with van der Waals surface area (Å²) >= 11 is 12.1. The van der Waals surface area contributed by atoms with Crippen LogP contribution in [0.5, 0.6) is 5.75 Å². The average molecular weight is 531 g/mol. The van der Waals surface area contributed by atoms with Crippen LogP contribution in [0.3, 0.4) is 0 Å². The van der Waals surface area contributed by atoms with Gasteiger partial charge in [-0.05, 0) is 83.9 Å². The maximum Gasteiger partial charge on any atom is 0.255 e. The van der Waals surface area contributed by atoms with Gasteiger partial charge in [-0.2, -0.15) is 0 Å². The molecule has 0 aliphatic carbocycles. The molecule has 1 amide bonds. The molecule has 0 bridgehead atoms. The number of benzene rings is 4. The Morgan fingerprint density at radius 3 is 2.06 bits per heavy atom. The second-order valence-electron chi connectivity index (χ2n) is 7.42. The van der Waals surface area contributed by atoms with Crippen LogP contribution in [0.1, 0.15) is 10.4 Å². The second-order valence-corrected chi connectivity index (χ2v) is 9.17. The van der Waals surface area contributed by atoms with Crippen molar-refractivity contribution in [2.45, 2.75) is 0 Å². The number of carbonyl (C=O) groups excluding carboxylic acids is 1. The van der Waals surface area contributed by atoms with Crippen molar-refractivity contribution in [2.24, 2.45) is 0 Å². The van der Waals surface area contributed by atoms with Gasteiger partial charge in [0.1, 0.15) is 17.3 Å². The van der Waals surface area contributed by atoms with Crippen LogP contribution in [-0.4, -0.2) is 19.4 Å². The van der Waals surface area contributed by atoms with Gasteiger partial charge < -0.3 is 10.4 Å². The number of anilines is 3. The first-order valence-electron chi connectivity index (χ1n) is 10.1. The van der Waals surface area contributed by atoms with E-state index in [1.165, 1.54) is 30.3 Å². The molecule has 0 aromatic heterocycles. The highest BCUT2D eigenvalue weighted by molar-refractivity contribution is 7.74. The van der Waals surface area contributed by atoms with E-state index in [4.69, 9.17) is 23.2 Å². The van der Waals surface area contributed by atoms with E-state index in [1.807, 2.05) is 0 Å². The number of halogens is 3. The maximum atomic E-state index is 13.3. The van der Waals surface area contributed by atoms with Gasteiger partial charge in [0.25, 0.3) is 5.91 Å². The van der Waals surface area contributed by atoms with E-state index >= 15 is 0 Å². The molecule has 0 unspecified atom stereocenters. The SMILES string of the molecule is O=C(Nc1ccc(O)c(N(c2ccc(F)cc2)[SH](=O)=O)c1)c1ccc(-c2cc(Cl)cc(Cl)c2)cc1. The fourth-order valence-electron chi connectivity index (χ4n) is 3.41. The first kappa shape index (κ1) is 24.5. The highest BCUT2D eigenvalue weighted by atomic mass is 35.5. The van der Waals surface area contributed by atoms with Crippen molar-refractivity contribution in [3.8, 4) is 16.9 Å². The zero-order valence-corrected chi connectivity index (χ0v) is 20.2. The van der Waals surface area contributed by atoms with E-state index in [-0.39, 0.29) is 22.8 Å². The number of hydrogen-bond donors (Lipinski definition) is 3. The lowest BCUT2D eigenvalue weighted by Crippen LogP contribution is -2.16. The van der Waals surface area contributed by atoms with Crippen LogP contribution in [0.2, 0.25) is 10.0 Å². The number of rotatable bonds is 6. The summed E-state index contributed by atoms with van der Waals surface area (Å²) in [5.41, 5.74) is 2.23. The molecule has 35 heavy (non-hydrogen) atoms. The van der Waals surface area contributed by atoms with Gasteiger partial charge in [0.2, 0.25) is 10.9 Å². The van der Waals surface area contributed by atoms with Crippen molar-refractivity contribution in [2.75, 3.05) is 9.62 Å². The maximum absolute atomic E-state index is 13.3. The Morgan fingerprint density at radius 1 is 0.829 bits per heavy atom. The number of carbonyl (C=O) groups is 1. The van der Waals surface area contributed by atoms with E-state index in [2.05, 4.69) is 5.32 Å². The Kier molecular flexibility index (Phi) is 7.25. The lowest BCUT2D eigenvalue weighted by atomic mass is 10.0. The van der Waals surface area contributed by atoms with Gasteiger partial charge in [0.15, 0.2) is 0 Å². The van der Waals surface area contributed by atoms with E-state index in [1.54, 1.807) is 42.5 Å². The largest absolute Gasteiger partial charge is 0.506 e. The van der Waals surface area contributed by atoms with Crippen LogP contribution < -0.4 is 9.62 Å². The lowest BCUT2D eigenvalue weighted by molar-refractivity contribution is 0.102. The molecule has 0 fully saturated rings. The van der Waals surface area contributed by atoms with Crippen LogP contribution >= 0.6 is 23.2 Å². The summed E-state index contributed by atoms with van der Waals surface area (Å²) in [5, 5.41) is 14.0. The Morgan fingerprint density at radius 2 is 1.46 bits per heavy atom. The minimum Gasteiger partial charge on any atom is -0.506 e. The second kappa shape index (κ2) is 10.4. The minimum atomic E-state index is -3.23. The molecule has 6 nitrogen and oxygen atoms in total. The van der Waals surface area contributed by atoms with Gasteiger partial charge in [-0.3, -0.25) is 4.79 Å². The van der Waals surface area contributed by atoms with Crippen LogP contribution in [0.4, 0.5) is 21.5 Å². The Balaban J connectivity index is 1.58. The highest BCUT2D eigenvalue weighted by Gasteiger charge is 2.18. The summed E-state index contributed by atoms with van der Waals surface area (Å²) in [6.07, 6.45) is 0. The van der Waals surface area contributed by atoms with Crippen LogP contribution in [-0.2, 0) is 10.9 Å². The molecule has 0 radical (unpaired) electrons. The molecule has 4 aromatic rings. The van der Waals surface area contributed by atoms with Crippen LogP contribution in [0, 0.1) is 5.82 Å². The molecule has 0 aliphatic rings. The normalized spacial score (nSPS) is 10.9. The molecule has 0 saturated heterocycles. The molecular formula is C25H17Cl2FN2O4S. The van der Waals surface area contributed by atoms with Crippen molar-refractivity contribution in [1.82, 2.24) is 0 Å². The van der Waals surface area contributed by atoms with Gasteiger partial charge in [-0.1, -0.05) is 35.3 Å². The summed E-state index contributed by atoms with van der Waals surface area (Å²) < 4.78 is 38.0. The minimum absolute atomic E-state index is 0.0984. The predicted octanol–water partition coefficient (Wildman–Crippen LogP) is 6.42. The van der Waals surface area contributed by atoms with E-state index < -0.39 is 22.6 Å². The molecule has 10 heteroatoms. The quantitative estimate of drug-likeness (QED) is 0.198. The molecular weight excluding hydrogens is 514 g/mol. The van der Waals surface area contributed by atoms with E-state index in [9.17, 15) is 22.7 Å². The summed E-state index contributed by atoms with van der Waals surface area (Å²) in [4.78, 5) is 12.8. The molecule has 4 rings (SSSR count). The van der Waals surface area contributed by atoms with Crippen molar-refractivity contribution in [1.29, 1.82) is 0 Å². The van der Waals surface area contributed by atoms with Crippen molar-refractivity contribution in [3.05, 3.63) is 106 Å². The number of nitrogens with one attached hydrogen (secondary N) is 1. The first-order chi connectivity index (χ1) is 16.7. The summed E-state index contributed by atoms with van der Waals surface area (Å²) in [7, 11) is -3.23. The Bertz CT molecular complexity index is 1450. The number of hydrogen-bond acceptors (Lipinski definition) is 4. The average Bonchev–Trinajstić information content (AvgIpc) is 2.82. The molecule has 0 heterocycles. The number of nitrogens with zero attached hydrogens (tertiary/aromatic N) is 1. The van der Waals surface area contributed by atoms with E-state index in [0.717, 1.165) is 27.6 Å². The fraction of sp³-hybridized carbons (Fsp3) is 0. The smallest absolute Gasteiger partial charge is 0.255 e. The van der Waals surface area contributed by atoms with Gasteiger partial charge >= 0.3 is 0 Å². The zero-order chi connectivity index (χ0) is 25.1. The Hall–Kier alpha value is -3.59. The predicted molar refractivity (Wildman–Crippen MR) is 137 cm³/mol.